The van der Waals surface area contributed by atoms with Crippen molar-refractivity contribution in [2.75, 3.05) is 13.1 Å². The standard InChI is InChI=1S/C34H48N6O10/c1-19(2)14-25(38-29(44)17-22-9-12-27(42)28(43)16-22)33(49)40-26(15-21-7-10-23(41)11-8-21)34(50)39-24(6-4-5-13-35)32(48)37-20(3)31(47)36-18-30(45)46/h7-12,16,19-20,24-26,41-43H,4-6,13-15,17-18,35H2,1-3H3,(H,36,47)(H,37,48)(H,38,44)(H,39,50)(H,40,49)(H,45,46)/t20-,24-,25-,26-/m0/s1. The Morgan fingerprint density at radius 1 is 0.700 bits per heavy atom. The lowest BCUT2D eigenvalue weighted by Gasteiger charge is -2.27. The zero-order chi connectivity index (χ0) is 37.4. The third-order valence-corrected chi connectivity index (χ3v) is 7.52. The minimum absolute atomic E-state index is 0.0152. The van der Waals surface area contributed by atoms with Gasteiger partial charge >= 0.3 is 5.97 Å². The number of carboxylic acids is 1. The lowest BCUT2D eigenvalue weighted by molar-refractivity contribution is -0.138. The highest BCUT2D eigenvalue weighted by molar-refractivity contribution is 5.96. The number of phenols is 3. The third kappa shape index (κ3) is 14.4. The topological polar surface area (TPSA) is 270 Å². The summed E-state index contributed by atoms with van der Waals surface area (Å²) in [5, 5.41) is 50.6. The minimum Gasteiger partial charge on any atom is -0.508 e. The second-order valence-corrected chi connectivity index (χ2v) is 12.4. The average molecular weight is 701 g/mol. The van der Waals surface area contributed by atoms with Crippen molar-refractivity contribution in [1.29, 1.82) is 0 Å². The fourth-order valence-corrected chi connectivity index (χ4v) is 4.89. The molecule has 0 saturated carbocycles. The van der Waals surface area contributed by atoms with Crippen LogP contribution in [0.1, 0.15) is 57.6 Å². The molecule has 0 aliphatic heterocycles. The molecule has 2 aromatic carbocycles. The van der Waals surface area contributed by atoms with Gasteiger partial charge in [0.05, 0.1) is 6.42 Å². The van der Waals surface area contributed by atoms with E-state index in [2.05, 4.69) is 26.6 Å². The number of aromatic hydroxyl groups is 3. The van der Waals surface area contributed by atoms with Gasteiger partial charge in [-0.05, 0) is 80.5 Å². The number of amides is 5. The molecule has 274 valence electrons. The van der Waals surface area contributed by atoms with Crippen LogP contribution in [0.25, 0.3) is 0 Å². The van der Waals surface area contributed by atoms with Crippen molar-refractivity contribution in [2.45, 2.75) is 83.5 Å². The highest BCUT2D eigenvalue weighted by atomic mass is 16.4. The Hall–Kier alpha value is -5.38. The Kier molecular flexibility index (Phi) is 16.5. The number of phenolic OH excluding ortho intramolecular Hbond substituents is 3. The van der Waals surface area contributed by atoms with Crippen LogP contribution < -0.4 is 32.3 Å². The Bertz CT molecular complexity index is 1480. The first-order valence-corrected chi connectivity index (χ1v) is 16.3. The van der Waals surface area contributed by atoms with Crippen LogP contribution in [-0.4, -0.2) is 93.2 Å². The summed E-state index contributed by atoms with van der Waals surface area (Å²) in [4.78, 5) is 76.8. The van der Waals surface area contributed by atoms with Crippen LogP contribution in [0, 0.1) is 5.92 Å². The molecule has 0 aliphatic rings. The van der Waals surface area contributed by atoms with Crippen molar-refractivity contribution < 1.29 is 49.2 Å². The van der Waals surface area contributed by atoms with E-state index in [0.717, 1.165) is 0 Å². The van der Waals surface area contributed by atoms with Crippen molar-refractivity contribution in [3.8, 4) is 17.2 Å². The van der Waals surface area contributed by atoms with Crippen molar-refractivity contribution in [3.05, 3.63) is 53.6 Å². The molecule has 2 rings (SSSR count). The van der Waals surface area contributed by atoms with E-state index in [0.29, 0.717) is 30.5 Å². The van der Waals surface area contributed by atoms with Crippen LogP contribution in [0.4, 0.5) is 0 Å². The van der Waals surface area contributed by atoms with Crippen LogP contribution in [0.5, 0.6) is 17.2 Å². The van der Waals surface area contributed by atoms with Crippen LogP contribution in [0.2, 0.25) is 0 Å². The average Bonchev–Trinajstić information content (AvgIpc) is 3.04. The van der Waals surface area contributed by atoms with Gasteiger partial charge in [-0.1, -0.05) is 32.0 Å². The second kappa shape index (κ2) is 20.2. The Balaban J connectivity index is 2.29. The zero-order valence-corrected chi connectivity index (χ0v) is 28.4. The number of nitrogens with two attached hydrogens (primary N) is 1. The van der Waals surface area contributed by atoms with Crippen molar-refractivity contribution in [3.63, 3.8) is 0 Å². The van der Waals surface area contributed by atoms with Gasteiger partial charge in [-0.25, -0.2) is 0 Å². The maximum absolute atomic E-state index is 13.8. The number of unbranched alkanes of at least 4 members (excludes halogenated alkanes) is 1. The summed E-state index contributed by atoms with van der Waals surface area (Å²) >= 11 is 0. The molecule has 0 heterocycles. The van der Waals surface area contributed by atoms with E-state index in [4.69, 9.17) is 10.8 Å². The van der Waals surface area contributed by atoms with Crippen LogP contribution in [0.3, 0.4) is 0 Å². The molecule has 0 spiro atoms. The second-order valence-electron chi connectivity index (χ2n) is 12.4. The maximum Gasteiger partial charge on any atom is 0.322 e. The quantitative estimate of drug-likeness (QED) is 0.0645. The van der Waals surface area contributed by atoms with E-state index >= 15 is 0 Å². The first-order valence-electron chi connectivity index (χ1n) is 16.3. The summed E-state index contributed by atoms with van der Waals surface area (Å²) in [5.74, 6) is -5.51. The monoisotopic (exact) mass is 700 g/mol. The lowest BCUT2D eigenvalue weighted by atomic mass is 10.00. The molecule has 0 aromatic heterocycles. The molecule has 11 N–H and O–H groups in total. The third-order valence-electron chi connectivity index (χ3n) is 7.52. The molecule has 0 unspecified atom stereocenters. The fraction of sp³-hybridized carbons (Fsp3) is 0.471. The van der Waals surface area contributed by atoms with E-state index in [1.807, 2.05) is 13.8 Å². The van der Waals surface area contributed by atoms with Gasteiger partial charge in [-0.3, -0.25) is 28.8 Å². The van der Waals surface area contributed by atoms with Gasteiger partial charge in [0.15, 0.2) is 11.5 Å². The van der Waals surface area contributed by atoms with E-state index < -0.39 is 72.0 Å². The maximum atomic E-state index is 13.8. The van der Waals surface area contributed by atoms with E-state index in [-0.39, 0.29) is 43.1 Å². The number of carbonyl (C=O) groups excluding carboxylic acids is 5. The number of benzene rings is 2. The largest absolute Gasteiger partial charge is 0.508 e. The highest BCUT2D eigenvalue weighted by Gasteiger charge is 2.31. The number of carbonyl (C=O) groups is 6. The van der Waals surface area contributed by atoms with Crippen LogP contribution in [-0.2, 0) is 41.6 Å². The molecule has 2 aromatic rings. The summed E-state index contributed by atoms with van der Waals surface area (Å²) < 4.78 is 0. The van der Waals surface area contributed by atoms with Crippen LogP contribution in [0.15, 0.2) is 42.5 Å². The number of nitrogens with one attached hydrogen (secondary N) is 5. The molecular formula is C34H48N6O10. The highest BCUT2D eigenvalue weighted by Crippen LogP contribution is 2.25. The molecule has 0 aliphatic carbocycles. The SMILES string of the molecule is CC(C)C[C@H](NC(=O)Cc1ccc(O)c(O)c1)C(=O)N[C@@H](Cc1ccc(O)cc1)C(=O)N[C@@H](CCCCN)C(=O)N[C@@H](C)C(=O)NCC(=O)O. The molecule has 0 saturated heterocycles. The van der Waals surface area contributed by atoms with Gasteiger partial charge in [-0.2, -0.15) is 0 Å². The van der Waals surface area contributed by atoms with E-state index in [1.54, 1.807) is 12.1 Å². The molecule has 50 heavy (non-hydrogen) atoms. The van der Waals surface area contributed by atoms with E-state index in [1.165, 1.54) is 37.3 Å². The summed E-state index contributed by atoms with van der Waals surface area (Å²) in [6, 6.07) is 5.25. The van der Waals surface area contributed by atoms with Gasteiger partial charge < -0.3 is 52.7 Å². The minimum atomic E-state index is -1.27. The molecular weight excluding hydrogens is 652 g/mol. The number of rotatable bonds is 20. The molecule has 0 fully saturated rings. The first-order chi connectivity index (χ1) is 23.6. The predicted octanol–water partition coefficient (Wildman–Crippen LogP) is -0.0764. The van der Waals surface area contributed by atoms with Gasteiger partial charge in [0.25, 0.3) is 0 Å². The Morgan fingerprint density at radius 2 is 1.30 bits per heavy atom. The van der Waals surface area contributed by atoms with E-state index in [9.17, 15) is 44.1 Å². The summed E-state index contributed by atoms with van der Waals surface area (Å²) in [5.41, 5.74) is 6.57. The summed E-state index contributed by atoms with van der Waals surface area (Å²) in [6.07, 6.45) is 1.04. The summed E-state index contributed by atoms with van der Waals surface area (Å²) in [6.45, 7) is 4.73. The Labute approximate surface area is 290 Å². The lowest BCUT2D eigenvalue weighted by Crippen LogP contribution is -2.58. The molecule has 16 nitrogen and oxygen atoms in total. The van der Waals surface area contributed by atoms with Crippen LogP contribution >= 0.6 is 0 Å². The smallest absolute Gasteiger partial charge is 0.322 e. The molecule has 0 radical (unpaired) electrons. The zero-order valence-electron chi connectivity index (χ0n) is 28.4. The van der Waals surface area contributed by atoms with Crippen molar-refractivity contribution in [2.24, 2.45) is 11.7 Å². The van der Waals surface area contributed by atoms with Gasteiger partial charge in [-0.15, -0.1) is 0 Å². The predicted molar refractivity (Wildman–Crippen MR) is 182 cm³/mol. The van der Waals surface area contributed by atoms with Crippen molar-refractivity contribution in [1.82, 2.24) is 26.6 Å². The number of hydrogen-bond donors (Lipinski definition) is 10. The number of hydrogen-bond acceptors (Lipinski definition) is 10. The molecule has 16 heteroatoms. The Morgan fingerprint density at radius 3 is 1.90 bits per heavy atom. The molecule has 5 amide bonds. The van der Waals surface area contributed by atoms with Gasteiger partial charge in [0.1, 0.15) is 36.5 Å². The number of carboxylic acid groups (broad SMARTS) is 1. The van der Waals surface area contributed by atoms with Gasteiger partial charge in [0, 0.05) is 6.42 Å². The molecule has 4 atom stereocenters. The number of aliphatic carboxylic acids is 1. The fourth-order valence-electron chi connectivity index (χ4n) is 4.89. The van der Waals surface area contributed by atoms with Gasteiger partial charge in [0.2, 0.25) is 29.5 Å². The van der Waals surface area contributed by atoms with Crippen molar-refractivity contribution >= 4 is 35.5 Å². The first kappa shape index (κ1) is 40.8. The normalized spacial score (nSPS) is 13.3. The summed E-state index contributed by atoms with van der Waals surface area (Å²) in [7, 11) is 0. The molecule has 0 bridgehead atoms.